The molecule has 1 aliphatic heterocycles. The molecule has 0 aliphatic carbocycles. The number of ketones is 1. The van der Waals surface area contributed by atoms with Crippen molar-refractivity contribution in [1.82, 2.24) is 9.88 Å². The summed E-state index contributed by atoms with van der Waals surface area (Å²) in [6.07, 6.45) is 0. The minimum Gasteiger partial charge on any atom is -0.384 e. The van der Waals surface area contributed by atoms with E-state index in [1.165, 1.54) is 18.2 Å². The van der Waals surface area contributed by atoms with Crippen molar-refractivity contribution < 1.29 is 19.3 Å². The van der Waals surface area contributed by atoms with Crippen molar-refractivity contribution >= 4 is 29.1 Å². The van der Waals surface area contributed by atoms with Gasteiger partial charge in [0, 0.05) is 23.8 Å². The molecule has 30 heavy (non-hydrogen) atoms. The number of nitrogens with zero attached hydrogens (tertiary/aromatic N) is 2. The number of benzene rings is 2. The Balaban J connectivity index is 2.01. The smallest absolute Gasteiger partial charge is 0.270 e. The van der Waals surface area contributed by atoms with E-state index in [1.807, 2.05) is 5.32 Å². The van der Waals surface area contributed by atoms with E-state index in [1.54, 1.807) is 18.2 Å². The predicted octanol–water partition coefficient (Wildman–Crippen LogP) is 1.44. The lowest BCUT2D eigenvalue weighted by Gasteiger charge is -2.15. The first kappa shape index (κ1) is 18.7. The molecule has 0 radical (unpaired) electrons. The van der Waals surface area contributed by atoms with Crippen LogP contribution in [0.2, 0.25) is 0 Å². The average molecular weight is 404 g/mol. The second-order valence-corrected chi connectivity index (χ2v) is 6.43. The number of nitro benzene ring substituents is 1. The second kappa shape index (κ2) is 6.78. The number of rotatable bonds is 4. The number of non-ortho nitro benzene ring substituents is 1. The van der Waals surface area contributed by atoms with Gasteiger partial charge in [0.25, 0.3) is 23.1 Å². The fourth-order valence-corrected chi connectivity index (χ4v) is 3.29. The predicted molar refractivity (Wildman–Crippen MR) is 105 cm³/mol. The molecule has 10 heteroatoms. The van der Waals surface area contributed by atoms with Crippen LogP contribution < -0.4 is 16.6 Å². The highest BCUT2D eigenvalue weighted by molar-refractivity contribution is 6.23. The number of carbonyl (C=O) groups is 3. The minimum atomic E-state index is -0.779. The highest BCUT2D eigenvalue weighted by Crippen LogP contribution is 2.28. The van der Waals surface area contributed by atoms with Gasteiger partial charge in [-0.05, 0) is 6.07 Å². The molecule has 0 saturated carbocycles. The molecule has 148 valence electrons. The van der Waals surface area contributed by atoms with E-state index in [-0.39, 0.29) is 39.4 Å². The van der Waals surface area contributed by atoms with E-state index in [0.717, 1.165) is 22.8 Å². The molecule has 0 unspecified atom stereocenters. The number of nitrogens with two attached hydrogens (primary N) is 1. The maximum Gasteiger partial charge on any atom is 0.270 e. The number of pyridine rings is 1. The van der Waals surface area contributed by atoms with Crippen LogP contribution >= 0.6 is 0 Å². The third-order valence-corrected chi connectivity index (χ3v) is 4.67. The van der Waals surface area contributed by atoms with Gasteiger partial charge in [-0.25, -0.2) is 0 Å². The number of carbonyl (C=O) groups excluding carboxylic acids is 3. The SMILES string of the molecule is Nc1c2c(cc(=O)n1-c1ccc([N+](=O)[O-])cc1C(=O)c1ccccc1)C(=O)NC2=O. The van der Waals surface area contributed by atoms with Crippen LogP contribution in [0.4, 0.5) is 11.5 Å². The number of nitrogens with one attached hydrogen (secondary N) is 1. The molecule has 1 aliphatic rings. The summed E-state index contributed by atoms with van der Waals surface area (Å²) in [6.45, 7) is 0. The fraction of sp³-hybridized carbons (Fsp3) is 0. The number of aromatic nitrogens is 1. The molecule has 0 fully saturated rings. The van der Waals surface area contributed by atoms with Crippen LogP contribution in [0.1, 0.15) is 36.6 Å². The molecule has 3 N–H and O–H groups in total. The fourth-order valence-electron chi connectivity index (χ4n) is 3.29. The first-order valence-corrected chi connectivity index (χ1v) is 8.59. The van der Waals surface area contributed by atoms with Gasteiger partial charge < -0.3 is 5.73 Å². The van der Waals surface area contributed by atoms with Crippen LogP contribution in [-0.2, 0) is 0 Å². The monoisotopic (exact) mass is 404 g/mol. The van der Waals surface area contributed by atoms with Gasteiger partial charge in [0.2, 0.25) is 0 Å². The summed E-state index contributed by atoms with van der Waals surface area (Å²) in [7, 11) is 0. The van der Waals surface area contributed by atoms with Crippen molar-refractivity contribution in [2.45, 2.75) is 0 Å². The highest BCUT2D eigenvalue weighted by Gasteiger charge is 2.32. The summed E-state index contributed by atoms with van der Waals surface area (Å²) < 4.78 is 0.886. The lowest BCUT2D eigenvalue weighted by atomic mass is 10.00. The zero-order valence-corrected chi connectivity index (χ0v) is 15.1. The lowest BCUT2D eigenvalue weighted by Crippen LogP contribution is -2.25. The summed E-state index contributed by atoms with van der Waals surface area (Å²) in [5.74, 6) is -2.47. The minimum absolute atomic E-state index is 0.0492. The standard InChI is InChI=1S/C20H12N4O6/c21-18-16-13(19(27)22-20(16)28)9-15(25)23(18)14-7-6-11(24(29)30)8-12(14)17(26)10-4-2-1-3-5-10/h1-9H,21H2,(H,22,27,28). The van der Waals surface area contributed by atoms with Crippen LogP contribution in [0.3, 0.4) is 0 Å². The molecular weight excluding hydrogens is 392 g/mol. The van der Waals surface area contributed by atoms with Crippen LogP contribution in [0.15, 0.2) is 59.4 Å². The molecule has 10 nitrogen and oxygen atoms in total. The Morgan fingerprint density at radius 1 is 1.00 bits per heavy atom. The number of amides is 2. The van der Waals surface area contributed by atoms with Crippen molar-refractivity contribution in [3.05, 3.63) is 97.3 Å². The van der Waals surface area contributed by atoms with E-state index in [2.05, 4.69) is 0 Å². The maximum atomic E-state index is 13.1. The summed E-state index contributed by atoms with van der Waals surface area (Å²) in [6, 6.07) is 12.3. The average Bonchev–Trinajstić information content (AvgIpc) is 3.01. The lowest BCUT2D eigenvalue weighted by molar-refractivity contribution is -0.384. The van der Waals surface area contributed by atoms with Gasteiger partial charge in [-0.1, -0.05) is 30.3 Å². The third kappa shape index (κ3) is 2.83. The molecule has 3 aromatic rings. The van der Waals surface area contributed by atoms with Crippen molar-refractivity contribution in [3.63, 3.8) is 0 Å². The zero-order chi connectivity index (χ0) is 21.6. The van der Waals surface area contributed by atoms with Gasteiger partial charge in [-0.2, -0.15) is 0 Å². The number of anilines is 1. The van der Waals surface area contributed by atoms with Crippen molar-refractivity contribution in [2.24, 2.45) is 0 Å². The quantitative estimate of drug-likeness (QED) is 0.288. The first-order chi connectivity index (χ1) is 14.3. The summed E-state index contributed by atoms with van der Waals surface area (Å²) >= 11 is 0. The highest BCUT2D eigenvalue weighted by atomic mass is 16.6. The molecule has 0 atom stereocenters. The number of hydrogen-bond donors (Lipinski definition) is 2. The molecule has 4 rings (SSSR count). The van der Waals surface area contributed by atoms with Gasteiger partial charge in [0.1, 0.15) is 5.82 Å². The Morgan fingerprint density at radius 3 is 2.37 bits per heavy atom. The third-order valence-electron chi connectivity index (χ3n) is 4.67. The molecule has 1 aromatic heterocycles. The van der Waals surface area contributed by atoms with Gasteiger partial charge in [-0.15, -0.1) is 0 Å². The molecular formula is C20H12N4O6. The summed E-state index contributed by atoms with van der Waals surface area (Å²) in [5.41, 5.74) is 4.56. The number of nitrogen functional groups attached to an aromatic ring is 1. The van der Waals surface area contributed by atoms with Gasteiger partial charge in [-0.3, -0.25) is 39.2 Å². The molecule has 0 spiro atoms. The summed E-state index contributed by atoms with van der Waals surface area (Å²) in [5, 5.41) is 13.3. The number of fused-ring (bicyclic) bond motifs is 1. The number of hydrogen-bond acceptors (Lipinski definition) is 7. The molecule has 2 amide bonds. The Morgan fingerprint density at radius 2 is 1.70 bits per heavy atom. The van der Waals surface area contributed by atoms with Crippen molar-refractivity contribution in [2.75, 3.05) is 5.73 Å². The molecule has 0 bridgehead atoms. The largest absolute Gasteiger partial charge is 0.384 e. The Bertz CT molecular complexity index is 1330. The van der Waals surface area contributed by atoms with Gasteiger partial charge in [0.15, 0.2) is 5.78 Å². The van der Waals surface area contributed by atoms with E-state index < -0.39 is 28.1 Å². The Labute approximate surface area is 167 Å². The maximum absolute atomic E-state index is 13.1. The van der Waals surface area contributed by atoms with Crippen LogP contribution in [0.25, 0.3) is 5.69 Å². The number of nitro groups is 1. The van der Waals surface area contributed by atoms with Crippen LogP contribution in [0.5, 0.6) is 0 Å². The van der Waals surface area contributed by atoms with Crippen LogP contribution in [-0.4, -0.2) is 27.1 Å². The topological polar surface area (TPSA) is 154 Å². The number of imide groups is 1. The first-order valence-electron chi connectivity index (χ1n) is 8.59. The van der Waals surface area contributed by atoms with E-state index in [4.69, 9.17) is 5.73 Å². The van der Waals surface area contributed by atoms with E-state index in [0.29, 0.717) is 0 Å². The zero-order valence-electron chi connectivity index (χ0n) is 15.1. The van der Waals surface area contributed by atoms with E-state index >= 15 is 0 Å². The molecule has 2 aromatic carbocycles. The normalized spacial score (nSPS) is 12.4. The Kier molecular flexibility index (Phi) is 4.24. The second-order valence-electron chi connectivity index (χ2n) is 6.43. The molecule has 2 heterocycles. The molecule has 0 saturated heterocycles. The van der Waals surface area contributed by atoms with Gasteiger partial charge in [0.05, 0.1) is 27.3 Å². The van der Waals surface area contributed by atoms with E-state index in [9.17, 15) is 29.3 Å². The Hall–Kier alpha value is -4.60. The summed E-state index contributed by atoms with van der Waals surface area (Å²) in [4.78, 5) is 60.3. The van der Waals surface area contributed by atoms with Crippen LogP contribution in [0, 0.1) is 10.1 Å². The van der Waals surface area contributed by atoms with Gasteiger partial charge >= 0.3 is 0 Å². The van der Waals surface area contributed by atoms with Crippen molar-refractivity contribution in [3.8, 4) is 5.69 Å². The van der Waals surface area contributed by atoms with Crippen molar-refractivity contribution in [1.29, 1.82) is 0 Å².